The Labute approximate surface area is 104 Å². The number of aromatic nitrogens is 2. The van der Waals surface area contributed by atoms with Crippen molar-refractivity contribution in [1.29, 1.82) is 0 Å². The van der Waals surface area contributed by atoms with Gasteiger partial charge in [-0.3, -0.25) is 0 Å². The summed E-state index contributed by atoms with van der Waals surface area (Å²) in [4.78, 5) is 7.64. The highest BCUT2D eigenvalue weighted by Crippen LogP contribution is 2.30. The van der Waals surface area contributed by atoms with Crippen LogP contribution in [0.25, 0.3) is 0 Å². The predicted octanol–water partition coefficient (Wildman–Crippen LogP) is 3.42. The summed E-state index contributed by atoms with van der Waals surface area (Å²) < 4.78 is 0. The molecule has 17 heavy (non-hydrogen) atoms. The molecule has 0 radical (unpaired) electrons. The third-order valence-electron chi connectivity index (χ3n) is 3.83. The van der Waals surface area contributed by atoms with Gasteiger partial charge in [0.05, 0.1) is 6.04 Å². The van der Waals surface area contributed by atoms with Crippen molar-refractivity contribution in [1.82, 2.24) is 15.3 Å². The largest absolute Gasteiger partial charge is 0.347 e. The van der Waals surface area contributed by atoms with E-state index < -0.39 is 0 Å². The monoisotopic (exact) mass is 235 g/mol. The van der Waals surface area contributed by atoms with E-state index in [4.69, 9.17) is 0 Å². The standard InChI is InChI=1S/C14H25N3/c1-2-9-15-13(14-16-10-11-17-14)8-7-12-5-3-4-6-12/h10-13,15H,2-9H2,1H3,(H,16,17). The van der Waals surface area contributed by atoms with Gasteiger partial charge in [-0.15, -0.1) is 0 Å². The van der Waals surface area contributed by atoms with Crippen molar-refractivity contribution in [2.24, 2.45) is 5.92 Å². The van der Waals surface area contributed by atoms with Crippen molar-refractivity contribution in [2.45, 2.75) is 57.9 Å². The molecule has 1 aliphatic rings. The van der Waals surface area contributed by atoms with Crippen molar-refractivity contribution in [3.8, 4) is 0 Å². The number of rotatable bonds is 7. The summed E-state index contributed by atoms with van der Waals surface area (Å²) >= 11 is 0. The third-order valence-corrected chi connectivity index (χ3v) is 3.83. The molecule has 0 aromatic carbocycles. The Kier molecular flexibility index (Phi) is 5.05. The summed E-state index contributed by atoms with van der Waals surface area (Å²) in [5, 5.41) is 3.60. The van der Waals surface area contributed by atoms with E-state index in [1.807, 2.05) is 12.4 Å². The number of aromatic amines is 1. The maximum Gasteiger partial charge on any atom is 0.123 e. The van der Waals surface area contributed by atoms with Gasteiger partial charge in [-0.2, -0.15) is 0 Å². The maximum atomic E-state index is 4.40. The molecule has 1 fully saturated rings. The number of H-pyrrole nitrogens is 1. The van der Waals surface area contributed by atoms with Crippen molar-refractivity contribution in [3.63, 3.8) is 0 Å². The molecule has 2 N–H and O–H groups in total. The van der Waals surface area contributed by atoms with Gasteiger partial charge >= 0.3 is 0 Å². The van der Waals surface area contributed by atoms with Crippen LogP contribution in [0.2, 0.25) is 0 Å². The van der Waals surface area contributed by atoms with E-state index in [0.29, 0.717) is 6.04 Å². The summed E-state index contributed by atoms with van der Waals surface area (Å²) in [5.74, 6) is 2.08. The number of nitrogens with zero attached hydrogens (tertiary/aromatic N) is 1. The molecule has 1 saturated carbocycles. The van der Waals surface area contributed by atoms with Gasteiger partial charge in [0.15, 0.2) is 0 Å². The van der Waals surface area contributed by atoms with E-state index in [-0.39, 0.29) is 0 Å². The second-order valence-electron chi connectivity index (χ2n) is 5.21. The van der Waals surface area contributed by atoms with E-state index in [2.05, 4.69) is 22.2 Å². The summed E-state index contributed by atoms with van der Waals surface area (Å²) in [6, 6.07) is 0.422. The highest BCUT2D eigenvalue weighted by molar-refractivity contribution is 4.95. The molecular weight excluding hydrogens is 210 g/mol. The van der Waals surface area contributed by atoms with Gasteiger partial charge in [-0.1, -0.05) is 32.6 Å². The molecule has 1 aromatic heterocycles. The zero-order valence-corrected chi connectivity index (χ0v) is 10.9. The van der Waals surface area contributed by atoms with Crippen LogP contribution in [0.15, 0.2) is 12.4 Å². The van der Waals surface area contributed by atoms with Crippen LogP contribution in [0.1, 0.15) is 63.7 Å². The van der Waals surface area contributed by atoms with Gasteiger partial charge in [0.2, 0.25) is 0 Å². The zero-order chi connectivity index (χ0) is 11.9. The maximum absolute atomic E-state index is 4.40. The van der Waals surface area contributed by atoms with Crippen molar-refractivity contribution in [2.75, 3.05) is 6.54 Å². The second kappa shape index (κ2) is 6.80. The van der Waals surface area contributed by atoms with E-state index >= 15 is 0 Å². The normalized spacial score (nSPS) is 18.6. The Morgan fingerprint density at radius 3 is 2.94 bits per heavy atom. The van der Waals surface area contributed by atoms with Crippen LogP contribution in [0.3, 0.4) is 0 Å². The highest BCUT2D eigenvalue weighted by atomic mass is 15.0. The minimum Gasteiger partial charge on any atom is -0.347 e. The molecule has 96 valence electrons. The number of hydrogen-bond acceptors (Lipinski definition) is 2. The van der Waals surface area contributed by atoms with Crippen LogP contribution in [0.4, 0.5) is 0 Å². The summed E-state index contributed by atoms with van der Waals surface area (Å²) in [7, 11) is 0. The predicted molar refractivity (Wildman–Crippen MR) is 70.8 cm³/mol. The molecule has 3 heteroatoms. The van der Waals surface area contributed by atoms with Gasteiger partial charge in [0, 0.05) is 12.4 Å². The molecule has 0 aliphatic heterocycles. The second-order valence-corrected chi connectivity index (χ2v) is 5.21. The zero-order valence-electron chi connectivity index (χ0n) is 10.9. The van der Waals surface area contributed by atoms with Crippen LogP contribution in [-0.2, 0) is 0 Å². The Balaban J connectivity index is 1.82. The van der Waals surface area contributed by atoms with Gasteiger partial charge in [0.1, 0.15) is 5.82 Å². The topological polar surface area (TPSA) is 40.7 Å². The third kappa shape index (κ3) is 3.84. The van der Waals surface area contributed by atoms with Crippen LogP contribution in [-0.4, -0.2) is 16.5 Å². The SMILES string of the molecule is CCCNC(CCC1CCCC1)c1ncc[nH]1. The van der Waals surface area contributed by atoms with E-state index in [9.17, 15) is 0 Å². The Hall–Kier alpha value is -0.830. The molecule has 1 aliphatic carbocycles. The Morgan fingerprint density at radius 1 is 1.47 bits per heavy atom. The highest BCUT2D eigenvalue weighted by Gasteiger charge is 2.19. The van der Waals surface area contributed by atoms with Gasteiger partial charge < -0.3 is 10.3 Å². The number of hydrogen-bond donors (Lipinski definition) is 2. The van der Waals surface area contributed by atoms with E-state index in [1.54, 1.807) is 0 Å². The smallest absolute Gasteiger partial charge is 0.123 e. The number of imidazole rings is 1. The lowest BCUT2D eigenvalue weighted by Gasteiger charge is -2.18. The lowest BCUT2D eigenvalue weighted by molar-refractivity contribution is 0.402. The van der Waals surface area contributed by atoms with Crippen LogP contribution < -0.4 is 5.32 Å². The molecule has 0 bridgehead atoms. The molecule has 0 amide bonds. The Bertz CT molecular complexity index is 288. The minimum atomic E-state index is 0.422. The fraction of sp³-hybridized carbons (Fsp3) is 0.786. The molecule has 1 aromatic rings. The average Bonchev–Trinajstić information content (AvgIpc) is 3.01. The lowest BCUT2D eigenvalue weighted by Crippen LogP contribution is -2.23. The first-order valence-electron chi connectivity index (χ1n) is 7.12. The number of nitrogens with one attached hydrogen (secondary N) is 2. The van der Waals surface area contributed by atoms with Crippen molar-refractivity contribution in [3.05, 3.63) is 18.2 Å². The minimum absolute atomic E-state index is 0.422. The first-order chi connectivity index (χ1) is 8.40. The molecule has 1 heterocycles. The molecule has 0 spiro atoms. The van der Waals surface area contributed by atoms with Crippen molar-refractivity contribution >= 4 is 0 Å². The van der Waals surface area contributed by atoms with Gasteiger partial charge in [0.25, 0.3) is 0 Å². The van der Waals surface area contributed by atoms with E-state index in [1.165, 1.54) is 44.9 Å². The Morgan fingerprint density at radius 2 is 2.29 bits per heavy atom. The first kappa shape index (κ1) is 12.6. The molecule has 3 nitrogen and oxygen atoms in total. The lowest BCUT2D eigenvalue weighted by atomic mass is 9.98. The average molecular weight is 235 g/mol. The first-order valence-corrected chi connectivity index (χ1v) is 7.12. The molecule has 0 saturated heterocycles. The fourth-order valence-electron chi connectivity index (χ4n) is 2.82. The molecule has 1 atom stereocenters. The van der Waals surface area contributed by atoms with Gasteiger partial charge in [-0.25, -0.2) is 4.98 Å². The molecule has 2 rings (SSSR count). The summed E-state index contributed by atoms with van der Waals surface area (Å²) in [6.07, 6.45) is 13.3. The van der Waals surface area contributed by atoms with Crippen molar-refractivity contribution < 1.29 is 0 Å². The molecule has 1 unspecified atom stereocenters. The van der Waals surface area contributed by atoms with Crippen LogP contribution in [0, 0.1) is 5.92 Å². The van der Waals surface area contributed by atoms with E-state index in [0.717, 1.165) is 18.3 Å². The quantitative estimate of drug-likeness (QED) is 0.760. The van der Waals surface area contributed by atoms with Crippen LogP contribution in [0.5, 0.6) is 0 Å². The van der Waals surface area contributed by atoms with Gasteiger partial charge in [-0.05, 0) is 31.7 Å². The summed E-state index contributed by atoms with van der Waals surface area (Å²) in [5.41, 5.74) is 0. The summed E-state index contributed by atoms with van der Waals surface area (Å²) in [6.45, 7) is 3.29. The fourth-order valence-corrected chi connectivity index (χ4v) is 2.82. The van der Waals surface area contributed by atoms with Crippen LogP contribution >= 0.6 is 0 Å². The molecular formula is C14H25N3.